The van der Waals surface area contributed by atoms with Crippen LogP contribution in [0, 0.1) is 0 Å². The van der Waals surface area contributed by atoms with E-state index in [1.165, 1.54) is 5.56 Å². The third kappa shape index (κ3) is 5.76. The quantitative estimate of drug-likeness (QED) is 0.278. The van der Waals surface area contributed by atoms with Gasteiger partial charge in [-0.1, -0.05) is 42.5 Å². The molecule has 1 saturated heterocycles. The third-order valence-electron chi connectivity index (χ3n) is 6.27. The standard InChI is InChI=1S/C26H32N8O/c27-10-9-23(19-5-2-1-3-6-19)30-21-8-4-7-20(17-21)24-22-18-29-26(31-25(22)33-32-24)28-11-12-34-13-15-35-16-14-34/h1-8,17-18,23,30H,9-16,27H2,(H2,28,29,31,32,33). The lowest BCUT2D eigenvalue weighted by molar-refractivity contribution is 0.0398. The summed E-state index contributed by atoms with van der Waals surface area (Å²) in [7, 11) is 0. The lowest BCUT2D eigenvalue weighted by atomic mass is 10.0. The number of benzene rings is 2. The van der Waals surface area contributed by atoms with E-state index in [9.17, 15) is 0 Å². The zero-order valence-corrected chi connectivity index (χ0v) is 19.8. The van der Waals surface area contributed by atoms with Gasteiger partial charge in [-0.2, -0.15) is 10.1 Å². The number of aromatic nitrogens is 4. The van der Waals surface area contributed by atoms with E-state index in [4.69, 9.17) is 10.5 Å². The van der Waals surface area contributed by atoms with Crippen molar-refractivity contribution in [1.29, 1.82) is 0 Å². The SMILES string of the molecule is NCCC(Nc1cccc(-c2n[nH]c3nc(NCCN4CCOCC4)ncc23)c1)c1ccccc1. The average molecular weight is 473 g/mol. The molecule has 0 radical (unpaired) electrons. The molecular weight excluding hydrogens is 440 g/mol. The topological polar surface area (TPSA) is 117 Å². The minimum Gasteiger partial charge on any atom is -0.379 e. The van der Waals surface area contributed by atoms with Crippen molar-refractivity contribution in [3.63, 3.8) is 0 Å². The molecule has 9 nitrogen and oxygen atoms in total. The minimum absolute atomic E-state index is 0.141. The van der Waals surface area contributed by atoms with Gasteiger partial charge < -0.3 is 21.1 Å². The predicted octanol–water partition coefficient (Wildman–Crippen LogP) is 3.27. The molecule has 0 aliphatic carbocycles. The zero-order valence-electron chi connectivity index (χ0n) is 19.8. The first-order valence-corrected chi connectivity index (χ1v) is 12.2. The van der Waals surface area contributed by atoms with Gasteiger partial charge in [-0.3, -0.25) is 10.00 Å². The third-order valence-corrected chi connectivity index (χ3v) is 6.27. The minimum atomic E-state index is 0.141. The van der Waals surface area contributed by atoms with E-state index in [-0.39, 0.29) is 6.04 Å². The van der Waals surface area contributed by atoms with Crippen molar-refractivity contribution in [2.75, 3.05) is 56.6 Å². The van der Waals surface area contributed by atoms with Gasteiger partial charge in [-0.05, 0) is 30.7 Å². The molecule has 182 valence electrons. The Bertz CT molecular complexity index is 1220. The Kier molecular flexibility index (Phi) is 7.47. The lowest BCUT2D eigenvalue weighted by Gasteiger charge is -2.26. The van der Waals surface area contributed by atoms with Crippen LogP contribution < -0.4 is 16.4 Å². The van der Waals surface area contributed by atoms with Gasteiger partial charge in [0.05, 0.1) is 24.6 Å². The monoisotopic (exact) mass is 472 g/mol. The molecular formula is C26H32N8O. The van der Waals surface area contributed by atoms with Gasteiger partial charge in [0.2, 0.25) is 5.95 Å². The van der Waals surface area contributed by atoms with E-state index < -0.39 is 0 Å². The van der Waals surface area contributed by atoms with Crippen molar-refractivity contribution in [1.82, 2.24) is 25.1 Å². The van der Waals surface area contributed by atoms with Crippen LogP contribution in [0.5, 0.6) is 0 Å². The van der Waals surface area contributed by atoms with Gasteiger partial charge in [-0.15, -0.1) is 0 Å². The molecule has 5 rings (SSSR count). The number of H-pyrrole nitrogens is 1. The van der Waals surface area contributed by atoms with Gasteiger partial charge in [0, 0.05) is 43.6 Å². The molecule has 2 aromatic heterocycles. The molecule has 1 unspecified atom stereocenters. The number of nitrogens with zero attached hydrogens (tertiary/aromatic N) is 4. The number of aromatic amines is 1. The van der Waals surface area contributed by atoms with E-state index in [0.29, 0.717) is 18.1 Å². The number of hydrogen-bond donors (Lipinski definition) is 4. The molecule has 4 aromatic rings. The first-order chi connectivity index (χ1) is 17.3. The second-order valence-corrected chi connectivity index (χ2v) is 8.67. The largest absolute Gasteiger partial charge is 0.379 e. The molecule has 35 heavy (non-hydrogen) atoms. The summed E-state index contributed by atoms with van der Waals surface area (Å²) in [5.74, 6) is 0.601. The highest BCUT2D eigenvalue weighted by Gasteiger charge is 2.14. The Hall–Kier alpha value is -3.53. The van der Waals surface area contributed by atoms with Crippen molar-refractivity contribution in [2.45, 2.75) is 12.5 Å². The van der Waals surface area contributed by atoms with Crippen molar-refractivity contribution in [2.24, 2.45) is 5.73 Å². The van der Waals surface area contributed by atoms with Gasteiger partial charge in [0.15, 0.2) is 5.65 Å². The first kappa shape index (κ1) is 23.2. The van der Waals surface area contributed by atoms with Gasteiger partial charge in [0.25, 0.3) is 0 Å². The molecule has 0 spiro atoms. The fraction of sp³-hybridized carbons (Fsp3) is 0.346. The number of nitrogens with one attached hydrogen (secondary N) is 3. The maximum absolute atomic E-state index is 5.89. The Morgan fingerprint density at radius 3 is 2.77 bits per heavy atom. The Morgan fingerprint density at radius 1 is 1.09 bits per heavy atom. The number of rotatable bonds is 10. The van der Waals surface area contributed by atoms with Crippen LogP contribution in [0.25, 0.3) is 22.3 Å². The van der Waals surface area contributed by atoms with Crippen molar-refractivity contribution >= 4 is 22.7 Å². The fourth-order valence-corrected chi connectivity index (χ4v) is 4.40. The lowest BCUT2D eigenvalue weighted by Crippen LogP contribution is -2.39. The Labute approximate surface area is 205 Å². The number of hydrogen-bond acceptors (Lipinski definition) is 8. The van der Waals surface area contributed by atoms with E-state index >= 15 is 0 Å². The smallest absolute Gasteiger partial charge is 0.224 e. The Balaban J connectivity index is 1.29. The summed E-state index contributed by atoms with van der Waals surface area (Å²) >= 11 is 0. The molecule has 9 heteroatoms. The van der Waals surface area contributed by atoms with Crippen LogP contribution in [0.2, 0.25) is 0 Å². The molecule has 1 aliphatic rings. The van der Waals surface area contributed by atoms with Crippen LogP contribution in [0.15, 0.2) is 60.8 Å². The summed E-state index contributed by atoms with van der Waals surface area (Å²) in [6, 6.07) is 18.8. The van der Waals surface area contributed by atoms with E-state index in [1.807, 2.05) is 18.3 Å². The number of anilines is 2. The van der Waals surface area contributed by atoms with Crippen molar-refractivity contribution in [3.05, 3.63) is 66.4 Å². The molecule has 2 aromatic carbocycles. The van der Waals surface area contributed by atoms with E-state index in [2.05, 4.69) is 78.2 Å². The molecule has 1 fully saturated rings. The molecule has 0 saturated carbocycles. The summed E-state index contributed by atoms with van der Waals surface area (Å²) in [5.41, 5.74) is 10.7. The maximum Gasteiger partial charge on any atom is 0.224 e. The summed E-state index contributed by atoms with van der Waals surface area (Å²) in [6.45, 7) is 5.87. The number of nitrogens with two attached hydrogens (primary N) is 1. The Morgan fingerprint density at radius 2 is 1.94 bits per heavy atom. The van der Waals surface area contributed by atoms with Crippen molar-refractivity contribution in [3.8, 4) is 11.3 Å². The van der Waals surface area contributed by atoms with Crippen LogP contribution in [0.3, 0.4) is 0 Å². The molecule has 3 heterocycles. The summed E-state index contributed by atoms with van der Waals surface area (Å²) < 4.78 is 5.40. The second kappa shape index (κ2) is 11.3. The van der Waals surface area contributed by atoms with Gasteiger partial charge in [0.1, 0.15) is 5.69 Å². The van der Waals surface area contributed by atoms with Crippen LogP contribution in [-0.2, 0) is 4.74 Å². The van der Waals surface area contributed by atoms with E-state index in [0.717, 1.165) is 68.1 Å². The highest BCUT2D eigenvalue weighted by atomic mass is 16.5. The van der Waals surface area contributed by atoms with Gasteiger partial charge >= 0.3 is 0 Å². The van der Waals surface area contributed by atoms with Crippen LogP contribution >= 0.6 is 0 Å². The maximum atomic E-state index is 5.89. The van der Waals surface area contributed by atoms with Crippen LogP contribution in [0.4, 0.5) is 11.6 Å². The highest BCUT2D eigenvalue weighted by molar-refractivity contribution is 5.91. The molecule has 1 aliphatic heterocycles. The average Bonchev–Trinajstić information content (AvgIpc) is 3.33. The second-order valence-electron chi connectivity index (χ2n) is 8.67. The number of fused-ring (bicyclic) bond motifs is 1. The highest BCUT2D eigenvalue weighted by Crippen LogP contribution is 2.29. The van der Waals surface area contributed by atoms with Crippen molar-refractivity contribution < 1.29 is 4.74 Å². The van der Waals surface area contributed by atoms with Gasteiger partial charge in [-0.25, -0.2) is 4.98 Å². The molecule has 0 amide bonds. The molecule has 5 N–H and O–H groups in total. The normalized spacial score (nSPS) is 15.2. The number of morpholine rings is 1. The van der Waals surface area contributed by atoms with E-state index in [1.54, 1.807) is 0 Å². The predicted molar refractivity (Wildman–Crippen MR) is 139 cm³/mol. The molecule has 1 atom stereocenters. The fourth-order valence-electron chi connectivity index (χ4n) is 4.40. The summed E-state index contributed by atoms with van der Waals surface area (Å²) in [4.78, 5) is 11.5. The summed E-state index contributed by atoms with van der Waals surface area (Å²) in [5, 5.41) is 15.5. The van der Waals surface area contributed by atoms with Crippen LogP contribution in [-0.4, -0.2) is 71.0 Å². The first-order valence-electron chi connectivity index (χ1n) is 12.2. The molecule has 0 bridgehead atoms. The summed E-state index contributed by atoms with van der Waals surface area (Å²) in [6.07, 6.45) is 2.67. The van der Waals surface area contributed by atoms with Crippen LogP contribution in [0.1, 0.15) is 18.0 Å². The number of ether oxygens (including phenoxy) is 1. The zero-order chi connectivity index (χ0) is 23.9.